The van der Waals surface area contributed by atoms with Gasteiger partial charge in [-0.2, -0.15) is 0 Å². The Morgan fingerprint density at radius 3 is 1.12 bits per heavy atom. The first kappa shape index (κ1) is 22.4. The Morgan fingerprint density at radius 1 is 1.12 bits per heavy atom. The van der Waals surface area contributed by atoms with Crippen LogP contribution in [0.1, 0.15) is 0 Å². The maximum Gasteiger partial charge on any atom is 0 e. The molecule has 0 unspecified atom stereocenters. The molecule has 0 amide bonds. The predicted octanol–water partition coefficient (Wildman–Crippen LogP) is -1.58. The molecule has 0 radical (unpaired) electrons. The Bertz CT molecular complexity index is 62.2. The smallest absolute Gasteiger partial charge is 0 e. The molecule has 3 N–H and O–H groups in total. The van der Waals surface area contributed by atoms with Crippen LogP contribution < -0.4 is 0 Å². The third-order valence-electron chi connectivity index (χ3n) is 0. The molecule has 0 spiro atoms. The minimum atomic E-state index is -4.64. The van der Waals surface area contributed by atoms with Crippen LogP contribution in [0.25, 0.3) is 0 Å². The van der Waals surface area contributed by atoms with Gasteiger partial charge in [0.05, 0.1) is 0 Å². The van der Waals surface area contributed by atoms with E-state index in [0.717, 1.165) is 0 Å². The first-order valence-corrected chi connectivity index (χ1v) is 2.35. The van der Waals surface area contributed by atoms with Crippen LogP contribution in [0.4, 0.5) is 0 Å². The van der Waals surface area contributed by atoms with Gasteiger partial charge in [-0.3, -0.25) is 0 Å². The van der Waals surface area contributed by atoms with E-state index in [1.807, 2.05) is 0 Å². The van der Waals surface area contributed by atoms with Crippen LogP contribution in [-0.4, -0.2) is 44.2 Å². The van der Waals surface area contributed by atoms with Crippen molar-refractivity contribution in [3.8, 4) is 0 Å². The third kappa shape index (κ3) is 81.9. The molecule has 0 saturated heterocycles. The zero-order valence-corrected chi connectivity index (χ0v) is 6.61. The van der Waals surface area contributed by atoms with Crippen molar-refractivity contribution in [2.24, 2.45) is 0 Å². The molecule has 0 aromatic carbocycles. The van der Waals surface area contributed by atoms with E-state index in [9.17, 15) is 0 Å². The SMILES string of the molecule is O=P(O)(O)O.[Fe].[NaH].[Ti]. The molecule has 0 aliphatic rings. The van der Waals surface area contributed by atoms with Crippen molar-refractivity contribution in [2.75, 3.05) is 0 Å². The zero-order chi connectivity index (χ0) is 4.50. The summed E-state index contributed by atoms with van der Waals surface area (Å²) in [6.07, 6.45) is 0. The zero-order valence-electron chi connectivity index (χ0n) is 3.05. The van der Waals surface area contributed by atoms with Gasteiger partial charge in [0, 0.05) is 38.8 Å². The Hall–Kier alpha value is 2.34. The monoisotopic (exact) mass is 226 g/mol. The summed E-state index contributed by atoms with van der Waals surface area (Å²) in [6.45, 7) is 0. The molecule has 0 aromatic heterocycles. The molecule has 0 bridgehead atoms. The van der Waals surface area contributed by atoms with Gasteiger partial charge in [0.25, 0.3) is 0 Å². The summed E-state index contributed by atoms with van der Waals surface area (Å²) in [6, 6.07) is 0. The third-order valence-corrected chi connectivity index (χ3v) is 0. The van der Waals surface area contributed by atoms with Gasteiger partial charge in [0.1, 0.15) is 0 Å². The molecule has 0 aromatic rings. The van der Waals surface area contributed by atoms with Crippen molar-refractivity contribution in [1.82, 2.24) is 0 Å². The van der Waals surface area contributed by atoms with E-state index in [0.29, 0.717) is 0 Å². The van der Waals surface area contributed by atoms with E-state index in [1.54, 1.807) is 0 Å². The molecule has 8 heavy (non-hydrogen) atoms. The molecule has 0 saturated carbocycles. The summed E-state index contributed by atoms with van der Waals surface area (Å²) >= 11 is 0. The van der Waals surface area contributed by atoms with Gasteiger partial charge >= 0.3 is 37.4 Å². The molecule has 0 atom stereocenters. The van der Waals surface area contributed by atoms with Crippen LogP contribution in [0, 0.1) is 0 Å². The number of hydrogen-bond acceptors (Lipinski definition) is 1. The molecule has 0 fully saturated rings. The van der Waals surface area contributed by atoms with Gasteiger partial charge in [-0.25, -0.2) is 4.57 Å². The Balaban J connectivity index is -0.0000000267. The van der Waals surface area contributed by atoms with Gasteiger partial charge in [0.15, 0.2) is 0 Å². The van der Waals surface area contributed by atoms with Gasteiger partial charge in [-0.15, -0.1) is 0 Å². The largest absolute Gasteiger partial charge is 0 e. The summed E-state index contributed by atoms with van der Waals surface area (Å²) in [7, 11) is -4.64. The molecule has 46 valence electrons. The summed E-state index contributed by atoms with van der Waals surface area (Å²) in [4.78, 5) is 21.6. The molecule has 8 heteroatoms. The van der Waals surface area contributed by atoms with Crippen LogP contribution in [-0.2, 0) is 43.4 Å². The van der Waals surface area contributed by atoms with E-state index in [-0.39, 0.29) is 68.3 Å². The first-order chi connectivity index (χ1) is 2.00. The van der Waals surface area contributed by atoms with Crippen molar-refractivity contribution in [2.45, 2.75) is 0 Å². The summed E-state index contributed by atoms with van der Waals surface area (Å²) < 4.78 is 8.88. The minimum Gasteiger partial charge on any atom is 0 e. The topological polar surface area (TPSA) is 77.8 Å². The van der Waals surface area contributed by atoms with E-state index in [1.165, 1.54) is 0 Å². The maximum absolute atomic E-state index is 8.88. The van der Waals surface area contributed by atoms with Crippen LogP contribution in [0.2, 0.25) is 0 Å². The van der Waals surface area contributed by atoms with Crippen molar-refractivity contribution >= 4 is 37.4 Å². The predicted molar refractivity (Wildman–Crippen MR) is 21.4 cm³/mol. The number of rotatable bonds is 0. The minimum absolute atomic E-state index is 0. The fourth-order valence-corrected chi connectivity index (χ4v) is 0. The van der Waals surface area contributed by atoms with Crippen molar-refractivity contribution in [3.63, 3.8) is 0 Å². The Kier molecular flexibility index (Phi) is 26.2. The van der Waals surface area contributed by atoms with E-state index in [2.05, 4.69) is 0 Å². The van der Waals surface area contributed by atoms with E-state index < -0.39 is 7.82 Å². The summed E-state index contributed by atoms with van der Waals surface area (Å²) in [5.41, 5.74) is 0. The van der Waals surface area contributed by atoms with Crippen LogP contribution in [0.15, 0.2) is 0 Å². The molecule has 4 nitrogen and oxygen atoms in total. The standard InChI is InChI=1S/Fe.Na.H3O4P.Ti.H/c;;1-5(2,3)4;;/h;;(H3,1,2,3,4);;. The van der Waals surface area contributed by atoms with Crippen LogP contribution >= 0.6 is 7.82 Å². The molecule has 0 aliphatic carbocycles. The second kappa shape index (κ2) is 9.34. The normalized spacial score (nSPS) is 7.38. The van der Waals surface area contributed by atoms with E-state index >= 15 is 0 Å². The molecular weight excluding hydrogens is 222 g/mol. The average Bonchev–Trinajstić information content (AvgIpc) is 0.722. The van der Waals surface area contributed by atoms with Crippen molar-refractivity contribution in [3.05, 3.63) is 0 Å². The molecular formula is H4FeNaO4PTi. The van der Waals surface area contributed by atoms with Crippen molar-refractivity contribution in [1.29, 1.82) is 0 Å². The fourth-order valence-electron chi connectivity index (χ4n) is 0. The fraction of sp³-hybridized carbons (Fsp3) is 0. The molecule has 0 heterocycles. The Morgan fingerprint density at radius 2 is 1.12 bits per heavy atom. The number of phosphoric acid groups is 1. The van der Waals surface area contributed by atoms with Gasteiger partial charge in [-0.1, -0.05) is 0 Å². The summed E-state index contributed by atoms with van der Waals surface area (Å²) in [5, 5.41) is 0. The maximum atomic E-state index is 8.88. The van der Waals surface area contributed by atoms with Gasteiger partial charge in [0.2, 0.25) is 0 Å². The average molecular weight is 226 g/mol. The van der Waals surface area contributed by atoms with E-state index in [4.69, 9.17) is 19.2 Å². The quantitative estimate of drug-likeness (QED) is 0.344. The van der Waals surface area contributed by atoms with Gasteiger partial charge in [-0.05, 0) is 0 Å². The Labute approximate surface area is 94.3 Å². The van der Waals surface area contributed by atoms with Gasteiger partial charge < -0.3 is 14.7 Å². The first-order valence-electron chi connectivity index (χ1n) is 0.783. The molecule has 0 rings (SSSR count). The molecule has 0 aliphatic heterocycles. The summed E-state index contributed by atoms with van der Waals surface area (Å²) in [5.74, 6) is 0. The second-order valence-corrected chi connectivity index (χ2v) is 1.54. The van der Waals surface area contributed by atoms with Crippen LogP contribution in [0.5, 0.6) is 0 Å². The van der Waals surface area contributed by atoms with Crippen molar-refractivity contribution < 1.29 is 58.0 Å². The second-order valence-electron chi connectivity index (χ2n) is 0.513. The number of hydrogen-bond donors (Lipinski definition) is 3. The van der Waals surface area contributed by atoms with Crippen LogP contribution in [0.3, 0.4) is 0 Å².